The van der Waals surface area contributed by atoms with Crippen molar-refractivity contribution < 1.29 is 0 Å². The fourth-order valence-electron chi connectivity index (χ4n) is 2.78. The van der Waals surface area contributed by atoms with Crippen LogP contribution in [-0.4, -0.2) is 31.1 Å². The molecule has 1 aromatic rings. The van der Waals surface area contributed by atoms with Crippen LogP contribution in [0.1, 0.15) is 50.3 Å². The van der Waals surface area contributed by atoms with Gasteiger partial charge in [-0.25, -0.2) is 0 Å². The van der Waals surface area contributed by atoms with Crippen LogP contribution in [0.25, 0.3) is 0 Å². The zero-order valence-electron chi connectivity index (χ0n) is 12.5. The van der Waals surface area contributed by atoms with Crippen LogP contribution in [0.2, 0.25) is 0 Å². The van der Waals surface area contributed by atoms with Gasteiger partial charge in [0.05, 0.1) is 0 Å². The topological polar surface area (TPSA) is 15.3 Å². The Bertz CT molecular complexity index is 352. The van der Waals surface area contributed by atoms with Crippen LogP contribution in [0, 0.1) is 0 Å². The number of nitrogens with zero attached hydrogens (tertiary/aromatic N) is 1. The van der Waals surface area contributed by atoms with E-state index in [0.29, 0.717) is 6.04 Å². The third-order valence-corrected chi connectivity index (χ3v) is 4.22. The Morgan fingerprint density at radius 2 is 1.79 bits per heavy atom. The lowest BCUT2D eigenvalue weighted by Crippen LogP contribution is -2.36. The highest BCUT2D eigenvalue weighted by Gasteiger charge is 2.10. The maximum atomic E-state index is 3.64. The first-order valence-corrected chi connectivity index (χ1v) is 7.84. The second-order valence-electron chi connectivity index (χ2n) is 5.67. The zero-order valence-corrected chi connectivity index (χ0v) is 12.5. The summed E-state index contributed by atoms with van der Waals surface area (Å²) in [7, 11) is 0. The number of hydrogen-bond donors (Lipinski definition) is 1. The van der Waals surface area contributed by atoms with E-state index in [1.165, 1.54) is 50.0 Å². The summed E-state index contributed by atoms with van der Waals surface area (Å²) >= 11 is 0. The van der Waals surface area contributed by atoms with Crippen molar-refractivity contribution in [3.05, 3.63) is 35.4 Å². The van der Waals surface area contributed by atoms with E-state index < -0.39 is 0 Å². The van der Waals surface area contributed by atoms with E-state index in [1.807, 2.05) is 0 Å². The van der Waals surface area contributed by atoms with Crippen LogP contribution in [0.3, 0.4) is 0 Å². The third kappa shape index (κ3) is 4.63. The highest BCUT2D eigenvalue weighted by atomic mass is 15.1. The Hall–Kier alpha value is -0.860. The van der Waals surface area contributed by atoms with Crippen LogP contribution in [0.4, 0.5) is 0 Å². The molecule has 1 fully saturated rings. The number of hydrogen-bond acceptors (Lipinski definition) is 2. The number of benzene rings is 1. The molecule has 19 heavy (non-hydrogen) atoms. The SMILES string of the molecule is CCc1ccc(C(C)NCCN2CCCCC2)cc1. The second kappa shape index (κ2) is 7.66. The van der Waals surface area contributed by atoms with Gasteiger partial charge >= 0.3 is 0 Å². The van der Waals surface area contributed by atoms with Crippen LogP contribution in [0.15, 0.2) is 24.3 Å². The van der Waals surface area contributed by atoms with Gasteiger partial charge in [0.1, 0.15) is 0 Å². The van der Waals surface area contributed by atoms with Crippen molar-refractivity contribution in [2.45, 2.75) is 45.6 Å². The van der Waals surface area contributed by atoms with E-state index in [0.717, 1.165) is 13.0 Å². The second-order valence-corrected chi connectivity index (χ2v) is 5.67. The minimum absolute atomic E-state index is 0.454. The fourth-order valence-corrected chi connectivity index (χ4v) is 2.78. The summed E-state index contributed by atoms with van der Waals surface area (Å²) in [4.78, 5) is 2.59. The quantitative estimate of drug-likeness (QED) is 0.843. The molecule has 1 aliphatic heterocycles. The Morgan fingerprint density at radius 3 is 2.42 bits per heavy atom. The van der Waals surface area contributed by atoms with Crippen LogP contribution < -0.4 is 5.32 Å². The summed E-state index contributed by atoms with van der Waals surface area (Å²) < 4.78 is 0. The largest absolute Gasteiger partial charge is 0.309 e. The van der Waals surface area contributed by atoms with Crippen molar-refractivity contribution in [1.29, 1.82) is 0 Å². The number of piperidine rings is 1. The molecule has 0 saturated carbocycles. The summed E-state index contributed by atoms with van der Waals surface area (Å²) in [6, 6.07) is 9.47. The van der Waals surface area contributed by atoms with Crippen LogP contribution >= 0.6 is 0 Å². The van der Waals surface area contributed by atoms with Crippen molar-refractivity contribution in [1.82, 2.24) is 10.2 Å². The van der Waals surface area contributed by atoms with Crippen molar-refractivity contribution in [2.75, 3.05) is 26.2 Å². The molecule has 0 radical (unpaired) electrons. The average Bonchev–Trinajstić information content (AvgIpc) is 2.48. The first-order chi connectivity index (χ1) is 9.29. The summed E-state index contributed by atoms with van der Waals surface area (Å²) in [5.41, 5.74) is 2.82. The highest BCUT2D eigenvalue weighted by molar-refractivity contribution is 5.24. The number of nitrogens with one attached hydrogen (secondary N) is 1. The molecular formula is C17H28N2. The number of likely N-dealkylation sites (tertiary alicyclic amines) is 1. The molecule has 0 amide bonds. The van der Waals surface area contributed by atoms with Crippen molar-refractivity contribution in [3.8, 4) is 0 Å². The lowest BCUT2D eigenvalue weighted by molar-refractivity contribution is 0.227. The van der Waals surface area contributed by atoms with Gasteiger partial charge < -0.3 is 10.2 Å². The molecule has 1 N–H and O–H groups in total. The van der Waals surface area contributed by atoms with Gasteiger partial charge in [0.15, 0.2) is 0 Å². The van der Waals surface area contributed by atoms with Gasteiger partial charge in [0, 0.05) is 19.1 Å². The molecule has 0 spiro atoms. The van der Waals surface area contributed by atoms with E-state index in [1.54, 1.807) is 0 Å². The van der Waals surface area contributed by atoms with Gasteiger partial charge in [-0.05, 0) is 50.4 Å². The van der Waals surface area contributed by atoms with Crippen LogP contribution in [0.5, 0.6) is 0 Å². The van der Waals surface area contributed by atoms with Gasteiger partial charge in [-0.15, -0.1) is 0 Å². The molecule has 1 heterocycles. The molecule has 1 saturated heterocycles. The third-order valence-electron chi connectivity index (χ3n) is 4.22. The molecule has 0 aliphatic carbocycles. The molecular weight excluding hydrogens is 232 g/mol. The number of aryl methyl sites for hydroxylation is 1. The predicted octanol–water partition coefficient (Wildman–Crippen LogP) is 3.39. The first kappa shape index (κ1) is 14.5. The van der Waals surface area contributed by atoms with Gasteiger partial charge in [-0.3, -0.25) is 0 Å². The molecule has 2 heteroatoms. The lowest BCUT2D eigenvalue weighted by Gasteiger charge is -2.27. The van der Waals surface area contributed by atoms with E-state index in [4.69, 9.17) is 0 Å². The normalized spacial score (nSPS) is 18.4. The molecule has 1 aliphatic rings. The summed E-state index contributed by atoms with van der Waals surface area (Å²) in [5, 5.41) is 3.64. The van der Waals surface area contributed by atoms with Gasteiger partial charge in [-0.1, -0.05) is 37.6 Å². The minimum Gasteiger partial charge on any atom is -0.309 e. The van der Waals surface area contributed by atoms with Gasteiger partial charge in [0.25, 0.3) is 0 Å². The molecule has 2 rings (SSSR count). The van der Waals surface area contributed by atoms with E-state index in [2.05, 4.69) is 48.3 Å². The average molecular weight is 260 g/mol. The summed E-state index contributed by atoms with van der Waals surface area (Å²) in [6.45, 7) is 9.34. The van der Waals surface area contributed by atoms with Gasteiger partial charge in [-0.2, -0.15) is 0 Å². The Morgan fingerprint density at radius 1 is 1.11 bits per heavy atom. The van der Waals surface area contributed by atoms with E-state index >= 15 is 0 Å². The summed E-state index contributed by atoms with van der Waals surface area (Å²) in [5.74, 6) is 0. The molecule has 1 aromatic carbocycles. The maximum absolute atomic E-state index is 3.64. The van der Waals surface area contributed by atoms with Gasteiger partial charge in [0.2, 0.25) is 0 Å². The fraction of sp³-hybridized carbons (Fsp3) is 0.647. The molecule has 1 unspecified atom stereocenters. The Labute approximate surface area is 118 Å². The predicted molar refractivity (Wildman–Crippen MR) is 82.5 cm³/mol. The van der Waals surface area contributed by atoms with E-state index in [9.17, 15) is 0 Å². The minimum atomic E-state index is 0.454. The molecule has 106 valence electrons. The molecule has 1 atom stereocenters. The lowest BCUT2D eigenvalue weighted by atomic mass is 10.1. The highest BCUT2D eigenvalue weighted by Crippen LogP contribution is 2.14. The first-order valence-electron chi connectivity index (χ1n) is 7.84. The molecule has 0 bridgehead atoms. The van der Waals surface area contributed by atoms with Crippen molar-refractivity contribution >= 4 is 0 Å². The van der Waals surface area contributed by atoms with Crippen molar-refractivity contribution in [3.63, 3.8) is 0 Å². The van der Waals surface area contributed by atoms with E-state index in [-0.39, 0.29) is 0 Å². The maximum Gasteiger partial charge on any atom is 0.0292 e. The van der Waals surface area contributed by atoms with Crippen molar-refractivity contribution in [2.24, 2.45) is 0 Å². The number of rotatable bonds is 6. The van der Waals surface area contributed by atoms with Crippen LogP contribution in [-0.2, 0) is 6.42 Å². The molecule has 0 aromatic heterocycles. The monoisotopic (exact) mass is 260 g/mol. The Balaban J connectivity index is 1.72. The standard InChI is InChI=1S/C17H28N2/c1-3-16-7-9-17(10-8-16)15(2)18-11-14-19-12-5-4-6-13-19/h7-10,15,18H,3-6,11-14H2,1-2H3. The molecule has 2 nitrogen and oxygen atoms in total. The smallest absolute Gasteiger partial charge is 0.0292 e. The zero-order chi connectivity index (χ0) is 13.5. The Kier molecular flexibility index (Phi) is 5.87. The summed E-state index contributed by atoms with van der Waals surface area (Å²) in [6.07, 6.45) is 5.31.